The zero-order valence-electron chi connectivity index (χ0n) is 10.4. The summed E-state index contributed by atoms with van der Waals surface area (Å²) in [4.78, 5) is 23.5. The smallest absolute Gasteiger partial charge is 0.228 e. The Bertz CT molecular complexity index is 390. The van der Waals surface area contributed by atoms with Gasteiger partial charge in [-0.15, -0.1) is 0 Å². The van der Waals surface area contributed by atoms with Crippen molar-refractivity contribution in [3.63, 3.8) is 0 Å². The minimum absolute atomic E-state index is 0.137. The average molecular weight is 234 g/mol. The van der Waals surface area contributed by atoms with Gasteiger partial charge in [-0.3, -0.25) is 9.59 Å². The second-order valence-corrected chi connectivity index (χ2v) is 3.91. The molecule has 0 aromatic heterocycles. The van der Waals surface area contributed by atoms with Crippen LogP contribution in [0.5, 0.6) is 0 Å². The third-order valence-electron chi connectivity index (χ3n) is 2.85. The van der Waals surface area contributed by atoms with Crippen LogP contribution in [-0.4, -0.2) is 25.9 Å². The number of nitrogens with one attached hydrogen (secondary N) is 2. The van der Waals surface area contributed by atoms with E-state index in [2.05, 4.69) is 10.6 Å². The first-order chi connectivity index (χ1) is 8.11. The van der Waals surface area contributed by atoms with Crippen LogP contribution in [0.25, 0.3) is 0 Å². The molecule has 1 rings (SSSR count). The SMILES string of the molecule is CNC(=O)C(C)C(C(=O)NC)c1ccccc1. The molecule has 0 fully saturated rings. The van der Waals surface area contributed by atoms with E-state index >= 15 is 0 Å². The van der Waals surface area contributed by atoms with Gasteiger partial charge in [0.15, 0.2) is 0 Å². The molecule has 0 bridgehead atoms. The Hall–Kier alpha value is -1.84. The number of hydrogen-bond acceptors (Lipinski definition) is 2. The lowest BCUT2D eigenvalue weighted by Crippen LogP contribution is -2.37. The zero-order chi connectivity index (χ0) is 12.8. The largest absolute Gasteiger partial charge is 0.359 e. The summed E-state index contributed by atoms with van der Waals surface area (Å²) in [5, 5.41) is 5.18. The van der Waals surface area contributed by atoms with Crippen LogP contribution in [0.3, 0.4) is 0 Å². The molecule has 4 nitrogen and oxygen atoms in total. The quantitative estimate of drug-likeness (QED) is 0.813. The molecule has 0 saturated heterocycles. The Balaban J connectivity index is 3.05. The van der Waals surface area contributed by atoms with Crippen molar-refractivity contribution in [2.45, 2.75) is 12.8 Å². The lowest BCUT2D eigenvalue weighted by atomic mass is 9.86. The van der Waals surface area contributed by atoms with Crippen LogP contribution >= 0.6 is 0 Å². The first-order valence-corrected chi connectivity index (χ1v) is 5.60. The number of amides is 2. The fourth-order valence-corrected chi connectivity index (χ4v) is 1.86. The van der Waals surface area contributed by atoms with Crippen LogP contribution in [0.2, 0.25) is 0 Å². The van der Waals surface area contributed by atoms with Crippen LogP contribution in [0.15, 0.2) is 30.3 Å². The van der Waals surface area contributed by atoms with E-state index in [9.17, 15) is 9.59 Å². The van der Waals surface area contributed by atoms with E-state index in [0.29, 0.717) is 0 Å². The third kappa shape index (κ3) is 3.06. The maximum atomic E-state index is 11.9. The van der Waals surface area contributed by atoms with Gasteiger partial charge in [0.05, 0.1) is 11.8 Å². The Kier molecular flexibility index (Phi) is 4.69. The molecule has 2 atom stereocenters. The van der Waals surface area contributed by atoms with Gasteiger partial charge in [0.2, 0.25) is 11.8 Å². The van der Waals surface area contributed by atoms with Gasteiger partial charge in [0.25, 0.3) is 0 Å². The van der Waals surface area contributed by atoms with Crippen molar-refractivity contribution in [1.82, 2.24) is 10.6 Å². The Morgan fingerprint density at radius 3 is 2.00 bits per heavy atom. The number of carbonyl (C=O) groups is 2. The standard InChI is InChI=1S/C13H18N2O2/c1-9(12(16)14-2)11(13(17)15-3)10-7-5-4-6-8-10/h4-9,11H,1-3H3,(H,14,16)(H,15,17). The fraction of sp³-hybridized carbons (Fsp3) is 0.385. The average Bonchev–Trinajstić information content (AvgIpc) is 2.38. The van der Waals surface area contributed by atoms with Crippen molar-refractivity contribution < 1.29 is 9.59 Å². The van der Waals surface area contributed by atoms with Crippen LogP contribution < -0.4 is 10.6 Å². The van der Waals surface area contributed by atoms with E-state index in [1.807, 2.05) is 30.3 Å². The lowest BCUT2D eigenvalue weighted by molar-refractivity contribution is -0.130. The monoisotopic (exact) mass is 234 g/mol. The molecule has 0 heterocycles. The highest BCUT2D eigenvalue weighted by Crippen LogP contribution is 2.24. The van der Waals surface area contributed by atoms with E-state index < -0.39 is 11.8 Å². The molecule has 2 N–H and O–H groups in total. The molecule has 0 aliphatic carbocycles. The summed E-state index contributed by atoms with van der Waals surface area (Å²) in [5.41, 5.74) is 0.850. The molecule has 0 saturated carbocycles. The van der Waals surface area contributed by atoms with Gasteiger partial charge in [-0.2, -0.15) is 0 Å². The second-order valence-electron chi connectivity index (χ2n) is 3.91. The molecule has 4 heteroatoms. The Morgan fingerprint density at radius 2 is 1.53 bits per heavy atom. The molecule has 17 heavy (non-hydrogen) atoms. The van der Waals surface area contributed by atoms with E-state index in [-0.39, 0.29) is 11.8 Å². The summed E-state index contributed by atoms with van der Waals surface area (Å²) in [5.74, 6) is -1.14. The normalized spacial score (nSPS) is 13.6. The Labute approximate surface area is 101 Å². The second kappa shape index (κ2) is 6.03. The predicted molar refractivity (Wildman–Crippen MR) is 66.5 cm³/mol. The fourth-order valence-electron chi connectivity index (χ4n) is 1.86. The number of hydrogen-bond donors (Lipinski definition) is 2. The highest BCUT2D eigenvalue weighted by atomic mass is 16.2. The van der Waals surface area contributed by atoms with Gasteiger partial charge in [-0.1, -0.05) is 37.3 Å². The van der Waals surface area contributed by atoms with E-state index in [4.69, 9.17) is 0 Å². The van der Waals surface area contributed by atoms with Gasteiger partial charge < -0.3 is 10.6 Å². The van der Waals surface area contributed by atoms with Gasteiger partial charge >= 0.3 is 0 Å². The van der Waals surface area contributed by atoms with Crippen molar-refractivity contribution in [2.24, 2.45) is 5.92 Å². The lowest BCUT2D eigenvalue weighted by Gasteiger charge is -2.21. The van der Waals surface area contributed by atoms with Gasteiger partial charge in [0, 0.05) is 14.1 Å². The first-order valence-electron chi connectivity index (χ1n) is 5.60. The van der Waals surface area contributed by atoms with Crippen LogP contribution in [0.1, 0.15) is 18.4 Å². The van der Waals surface area contributed by atoms with Crippen LogP contribution in [0, 0.1) is 5.92 Å². The molecule has 0 radical (unpaired) electrons. The maximum absolute atomic E-state index is 11.9. The molecular formula is C13H18N2O2. The summed E-state index contributed by atoms with van der Waals surface area (Å²) in [7, 11) is 3.15. The van der Waals surface area contributed by atoms with Gasteiger partial charge in [0.1, 0.15) is 0 Å². The van der Waals surface area contributed by atoms with E-state index in [1.54, 1.807) is 21.0 Å². The maximum Gasteiger partial charge on any atom is 0.228 e. The molecule has 0 aliphatic rings. The van der Waals surface area contributed by atoms with Crippen molar-refractivity contribution in [3.05, 3.63) is 35.9 Å². The highest BCUT2D eigenvalue weighted by molar-refractivity contribution is 5.90. The molecule has 2 amide bonds. The summed E-state index contributed by atoms with van der Waals surface area (Å²) in [6, 6.07) is 9.33. The number of rotatable bonds is 4. The van der Waals surface area contributed by atoms with Crippen molar-refractivity contribution in [3.8, 4) is 0 Å². The van der Waals surface area contributed by atoms with Gasteiger partial charge in [-0.05, 0) is 5.56 Å². The highest BCUT2D eigenvalue weighted by Gasteiger charge is 2.30. The molecular weight excluding hydrogens is 216 g/mol. The van der Waals surface area contributed by atoms with Crippen molar-refractivity contribution >= 4 is 11.8 Å². The van der Waals surface area contributed by atoms with Crippen molar-refractivity contribution in [2.75, 3.05) is 14.1 Å². The third-order valence-corrected chi connectivity index (χ3v) is 2.85. The number of likely N-dealkylation sites (N-methyl/N-ethyl adjacent to an activating group) is 1. The molecule has 2 unspecified atom stereocenters. The minimum atomic E-state index is -0.457. The molecule has 1 aromatic carbocycles. The predicted octanol–water partition coefficient (Wildman–Crippen LogP) is 0.898. The number of carbonyl (C=O) groups excluding carboxylic acids is 2. The van der Waals surface area contributed by atoms with Gasteiger partial charge in [-0.25, -0.2) is 0 Å². The zero-order valence-corrected chi connectivity index (χ0v) is 10.4. The molecule has 0 spiro atoms. The van der Waals surface area contributed by atoms with Crippen molar-refractivity contribution in [1.29, 1.82) is 0 Å². The van der Waals surface area contributed by atoms with Crippen LogP contribution in [0.4, 0.5) is 0 Å². The van der Waals surface area contributed by atoms with E-state index in [1.165, 1.54) is 0 Å². The molecule has 0 aliphatic heterocycles. The van der Waals surface area contributed by atoms with E-state index in [0.717, 1.165) is 5.56 Å². The number of benzene rings is 1. The molecule has 1 aromatic rings. The summed E-state index contributed by atoms with van der Waals surface area (Å²) in [6.45, 7) is 1.76. The Morgan fingerprint density at radius 1 is 1.00 bits per heavy atom. The summed E-state index contributed by atoms with van der Waals surface area (Å²) in [6.07, 6.45) is 0. The molecule has 92 valence electrons. The van der Waals surface area contributed by atoms with Crippen LogP contribution in [-0.2, 0) is 9.59 Å². The summed E-state index contributed by atoms with van der Waals surface area (Å²) < 4.78 is 0. The minimum Gasteiger partial charge on any atom is -0.359 e. The topological polar surface area (TPSA) is 58.2 Å². The summed E-state index contributed by atoms with van der Waals surface area (Å²) >= 11 is 0. The first kappa shape index (κ1) is 13.2.